The van der Waals surface area contributed by atoms with Crippen molar-refractivity contribution >= 4 is 17.3 Å². The molecule has 0 aromatic heterocycles. The molecule has 0 saturated carbocycles. The predicted molar refractivity (Wildman–Crippen MR) is 104 cm³/mol. The second-order valence-corrected chi connectivity index (χ2v) is 6.46. The van der Waals surface area contributed by atoms with E-state index in [1.54, 1.807) is 0 Å². The van der Waals surface area contributed by atoms with Gasteiger partial charge < -0.3 is 19.7 Å². The fourth-order valence-electron chi connectivity index (χ4n) is 2.90. The highest BCUT2D eigenvalue weighted by Crippen LogP contribution is 2.20. The minimum absolute atomic E-state index is 0.132. The normalized spacial score (nSPS) is 15.4. The zero-order valence-electron chi connectivity index (χ0n) is 15.4. The van der Waals surface area contributed by atoms with Crippen LogP contribution in [0.1, 0.15) is 18.9 Å². The summed E-state index contributed by atoms with van der Waals surface area (Å²) in [6.07, 6.45) is 0.0857. The molecule has 5 heteroatoms. The summed E-state index contributed by atoms with van der Waals surface area (Å²) in [7, 11) is 0. The van der Waals surface area contributed by atoms with Gasteiger partial charge in [0.1, 0.15) is 5.75 Å². The second-order valence-electron chi connectivity index (χ2n) is 6.46. The van der Waals surface area contributed by atoms with E-state index in [0.29, 0.717) is 12.2 Å². The van der Waals surface area contributed by atoms with Crippen LogP contribution >= 0.6 is 0 Å². The van der Waals surface area contributed by atoms with Gasteiger partial charge >= 0.3 is 0 Å². The van der Waals surface area contributed by atoms with Gasteiger partial charge in [-0.15, -0.1) is 0 Å². The number of morpholine rings is 1. The number of amides is 1. The van der Waals surface area contributed by atoms with E-state index >= 15 is 0 Å². The van der Waals surface area contributed by atoms with Crippen molar-refractivity contribution in [3.63, 3.8) is 0 Å². The molecule has 1 saturated heterocycles. The van der Waals surface area contributed by atoms with Crippen LogP contribution in [0.25, 0.3) is 0 Å². The van der Waals surface area contributed by atoms with E-state index in [2.05, 4.69) is 10.2 Å². The molecule has 0 aliphatic carbocycles. The van der Waals surface area contributed by atoms with E-state index in [4.69, 9.17) is 9.47 Å². The minimum atomic E-state index is -0.517. The lowest BCUT2D eigenvalue weighted by molar-refractivity contribution is -0.122. The smallest absolute Gasteiger partial charge is 0.265 e. The Hall–Kier alpha value is -2.53. The Labute approximate surface area is 154 Å². The summed E-state index contributed by atoms with van der Waals surface area (Å²) in [5, 5.41) is 2.95. The van der Waals surface area contributed by atoms with Crippen molar-refractivity contribution < 1.29 is 14.3 Å². The molecule has 1 atom stereocenters. The number of benzene rings is 2. The molecule has 3 rings (SSSR count). The standard InChI is InChI=1S/C21H26N2O3/c1-3-20(26-19-10-4-16(2)5-11-19)21(24)22-17-6-8-18(9-7-17)23-12-14-25-15-13-23/h4-11,20H,3,12-15H2,1-2H3,(H,22,24)/t20-/m0/s1. The van der Waals surface area contributed by atoms with Gasteiger partial charge in [0.05, 0.1) is 13.2 Å². The number of anilines is 2. The van der Waals surface area contributed by atoms with Crippen molar-refractivity contribution in [2.24, 2.45) is 0 Å². The molecule has 0 bridgehead atoms. The van der Waals surface area contributed by atoms with Crippen LogP contribution in [0.3, 0.4) is 0 Å². The van der Waals surface area contributed by atoms with Crippen molar-refractivity contribution in [3.05, 3.63) is 54.1 Å². The second kappa shape index (κ2) is 8.72. The molecule has 2 aromatic rings. The van der Waals surface area contributed by atoms with Gasteiger partial charge in [-0.1, -0.05) is 24.6 Å². The zero-order valence-corrected chi connectivity index (χ0v) is 15.4. The molecule has 26 heavy (non-hydrogen) atoms. The van der Waals surface area contributed by atoms with Crippen molar-refractivity contribution in [1.82, 2.24) is 0 Å². The molecular formula is C21H26N2O3. The quantitative estimate of drug-likeness (QED) is 0.861. The maximum absolute atomic E-state index is 12.5. The van der Waals surface area contributed by atoms with E-state index in [0.717, 1.165) is 43.2 Å². The topological polar surface area (TPSA) is 50.8 Å². The molecule has 1 aliphatic heterocycles. The number of nitrogens with one attached hydrogen (secondary N) is 1. The zero-order chi connectivity index (χ0) is 18.4. The van der Waals surface area contributed by atoms with Crippen LogP contribution < -0.4 is 15.0 Å². The van der Waals surface area contributed by atoms with Gasteiger partial charge in [0.25, 0.3) is 5.91 Å². The first-order chi connectivity index (χ1) is 12.7. The highest BCUT2D eigenvalue weighted by Gasteiger charge is 2.19. The number of carbonyl (C=O) groups excluding carboxylic acids is 1. The van der Waals surface area contributed by atoms with Crippen LogP contribution in [0.2, 0.25) is 0 Å². The number of nitrogens with zero attached hydrogens (tertiary/aromatic N) is 1. The van der Waals surface area contributed by atoms with Crippen molar-refractivity contribution in [2.45, 2.75) is 26.4 Å². The van der Waals surface area contributed by atoms with Gasteiger partial charge in [-0.2, -0.15) is 0 Å². The third-order valence-electron chi connectivity index (χ3n) is 4.47. The van der Waals surface area contributed by atoms with Gasteiger partial charge in [0, 0.05) is 24.5 Å². The molecule has 5 nitrogen and oxygen atoms in total. The van der Waals surface area contributed by atoms with E-state index in [1.807, 2.05) is 62.4 Å². The molecule has 2 aromatic carbocycles. The maximum atomic E-state index is 12.5. The number of hydrogen-bond acceptors (Lipinski definition) is 4. The van der Waals surface area contributed by atoms with Crippen LogP contribution in [0.4, 0.5) is 11.4 Å². The Morgan fingerprint density at radius 1 is 1.12 bits per heavy atom. The summed E-state index contributed by atoms with van der Waals surface area (Å²) in [6, 6.07) is 15.7. The Morgan fingerprint density at radius 3 is 2.38 bits per heavy atom. The lowest BCUT2D eigenvalue weighted by Gasteiger charge is -2.29. The molecular weight excluding hydrogens is 328 g/mol. The minimum Gasteiger partial charge on any atom is -0.481 e. The average Bonchev–Trinajstić information content (AvgIpc) is 2.68. The molecule has 0 radical (unpaired) electrons. The Bertz CT molecular complexity index is 707. The molecule has 0 spiro atoms. The van der Waals surface area contributed by atoms with Crippen molar-refractivity contribution in [1.29, 1.82) is 0 Å². The number of aryl methyl sites for hydroxylation is 1. The SMILES string of the molecule is CC[C@H](Oc1ccc(C)cc1)C(=O)Nc1ccc(N2CCOCC2)cc1. The fourth-order valence-corrected chi connectivity index (χ4v) is 2.90. The highest BCUT2D eigenvalue weighted by molar-refractivity contribution is 5.94. The molecule has 1 aliphatic rings. The van der Waals surface area contributed by atoms with Gasteiger partial charge in [0.2, 0.25) is 0 Å². The summed E-state index contributed by atoms with van der Waals surface area (Å²) in [5.74, 6) is 0.576. The summed E-state index contributed by atoms with van der Waals surface area (Å²) in [6.45, 7) is 7.27. The van der Waals surface area contributed by atoms with Gasteiger partial charge in [-0.25, -0.2) is 0 Å². The first-order valence-corrected chi connectivity index (χ1v) is 9.12. The maximum Gasteiger partial charge on any atom is 0.265 e. The van der Waals surface area contributed by atoms with Gasteiger partial charge in [-0.05, 0) is 49.7 Å². The summed E-state index contributed by atoms with van der Waals surface area (Å²) in [5.41, 5.74) is 3.09. The first-order valence-electron chi connectivity index (χ1n) is 9.12. The Kier molecular flexibility index (Phi) is 6.12. The summed E-state index contributed by atoms with van der Waals surface area (Å²) in [4.78, 5) is 14.8. The first kappa shape index (κ1) is 18.3. The number of hydrogen-bond donors (Lipinski definition) is 1. The van der Waals surface area contributed by atoms with Crippen LogP contribution in [0.5, 0.6) is 5.75 Å². The van der Waals surface area contributed by atoms with Crippen molar-refractivity contribution in [2.75, 3.05) is 36.5 Å². The largest absolute Gasteiger partial charge is 0.481 e. The van der Waals surface area contributed by atoms with Crippen LogP contribution in [-0.4, -0.2) is 38.3 Å². The number of carbonyl (C=O) groups is 1. The van der Waals surface area contributed by atoms with E-state index in [-0.39, 0.29) is 5.91 Å². The number of rotatable bonds is 6. The third kappa shape index (κ3) is 4.76. The van der Waals surface area contributed by atoms with E-state index in [1.165, 1.54) is 0 Å². The molecule has 1 heterocycles. The Balaban J connectivity index is 1.59. The van der Waals surface area contributed by atoms with Crippen LogP contribution in [0, 0.1) is 6.92 Å². The fraction of sp³-hybridized carbons (Fsp3) is 0.381. The van der Waals surface area contributed by atoms with Crippen LogP contribution in [-0.2, 0) is 9.53 Å². The molecule has 1 N–H and O–H groups in total. The Morgan fingerprint density at radius 2 is 1.77 bits per heavy atom. The third-order valence-corrected chi connectivity index (χ3v) is 4.47. The average molecular weight is 354 g/mol. The number of ether oxygens (including phenoxy) is 2. The van der Waals surface area contributed by atoms with E-state index in [9.17, 15) is 4.79 Å². The lowest BCUT2D eigenvalue weighted by atomic mass is 10.2. The molecule has 1 fully saturated rings. The molecule has 0 unspecified atom stereocenters. The highest BCUT2D eigenvalue weighted by atomic mass is 16.5. The summed E-state index contributed by atoms with van der Waals surface area (Å²) >= 11 is 0. The van der Waals surface area contributed by atoms with Gasteiger partial charge in [-0.3, -0.25) is 4.79 Å². The van der Waals surface area contributed by atoms with Crippen molar-refractivity contribution in [3.8, 4) is 5.75 Å². The van der Waals surface area contributed by atoms with E-state index < -0.39 is 6.10 Å². The monoisotopic (exact) mass is 354 g/mol. The predicted octanol–water partition coefficient (Wildman–Crippen LogP) is 3.63. The summed E-state index contributed by atoms with van der Waals surface area (Å²) < 4.78 is 11.2. The molecule has 1 amide bonds. The van der Waals surface area contributed by atoms with Gasteiger partial charge in [0.15, 0.2) is 6.10 Å². The lowest BCUT2D eigenvalue weighted by Crippen LogP contribution is -2.36. The van der Waals surface area contributed by atoms with Crippen LogP contribution in [0.15, 0.2) is 48.5 Å². The molecule has 138 valence electrons.